The third kappa shape index (κ3) is 3.30. The second-order valence-electron chi connectivity index (χ2n) is 10.3. The highest BCUT2D eigenvalue weighted by molar-refractivity contribution is 6.58. The average molecular weight is 607 g/mol. The minimum atomic E-state index is -2.23. The maximum Gasteiger partial charge on any atom is 0.328 e. The Morgan fingerprint density at radius 2 is 1.68 bits per heavy atom. The molecule has 9 nitrogen and oxygen atoms in total. The van der Waals surface area contributed by atoms with Gasteiger partial charge in [0, 0.05) is 16.5 Å². The standard InChI is InChI=1S/C27H19Cl3FN3O6/c28-11-1-8-18(35)16(9-11)20-14-6-7-15-19(22(37)34(21(15)36)25(32)40)17(14)10-26(29)23(38)33(24(39)27(20,26)30)13-4-2-12(31)3-5-13/h1-6,8-9,15,17,19-20,35H,7,10H2,(H2,32,40)/t15-,17+,19-,20+,26+,27-/m0/s1. The molecule has 2 heterocycles. The van der Waals surface area contributed by atoms with Crippen LogP contribution in [0.1, 0.15) is 24.3 Å². The van der Waals surface area contributed by atoms with Gasteiger partial charge in [-0.3, -0.25) is 19.2 Å². The molecule has 6 atom stereocenters. The van der Waals surface area contributed by atoms with Crippen molar-refractivity contribution in [1.82, 2.24) is 4.90 Å². The number of fused-ring (bicyclic) bond motifs is 4. The van der Waals surface area contributed by atoms with E-state index in [1.165, 1.54) is 30.3 Å². The van der Waals surface area contributed by atoms with Gasteiger partial charge in [0.15, 0.2) is 9.75 Å². The first-order chi connectivity index (χ1) is 18.8. The number of urea groups is 1. The Kier molecular flexibility index (Phi) is 5.86. The van der Waals surface area contributed by atoms with Crippen molar-refractivity contribution in [3.63, 3.8) is 0 Å². The number of hydrogen-bond donors (Lipinski definition) is 2. The number of phenols is 1. The van der Waals surface area contributed by atoms with Crippen LogP contribution in [0.15, 0.2) is 54.1 Å². The van der Waals surface area contributed by atoms with Gasteiger partial charge in [0.05, 0.1) is 17.5 Å². The van der Waals surface area contributed by atoms with E-state index in [1.54, 1.807) is 6.08 Å². The molecule has 13 heteroatoms. The number of amides is 6. The smallest absolute Gasteiger partial charge is 0.328 e. The van der Waals surface area contributed by atoms with Gasteiger partial charge >= 0.3 is 6.03 Å². The molecule has 1 saturated carbocycles. The van der Waals surface area contributed by atoms with Crippen molar-refractivity contribution in [3.05, 3.63) is 70.5 Å². The largest absolute Gasteiger partial charge is 0.508 e. The molecule has 2 aliphatic heterocycles. The summed E-state index contributed by atoms with van der Waals surface area (Å²) in [7, 11) is 0. The van der Waals surface area contributed by atoms with Crippen molar-refractivity contribution in [2.75, 3.05) is 4.90 Å². The lowest BCUT2D eigenvalue weighted by Crippen LogP contribution is -2.60. The van der Waals surface area contributed by atoms with Gasteiger partial charge in [-0.05, 0) is 61.2 Å². The number of imide groups is 4. The maximum atomic E-state index is 14.2. The lowest BCUT2D eigenvalue weighted by Gasteiger charge is -2.50. The summed E-state index contributed by atoms with van der Waals surface area (Å²) in [6.07, 6.45) is 1.29. The molecule has 206 valence electrons. The SMILES string of the molecule is NC(=O)N1C(=O)[C@H]2[C@H](CC=C3[C@H]2C[C@@]2(Cl)C(=O)N(c4ccc(F)cc4)C(=O)[C@@]2(Cl)[C@H]3c2cc(Cl)ccc2O)C1=O. The summed E-state index contributed by atoms with van der Waals surface area (Å²) in [5.74, 6) is -8.64. The van der Waals surface area contributed by atoms with Crippen LogP contribution in [0, 0.1) is 23.6 Å². The van der Waals surface area contributed by atoms with E-state index < -0.39 is 68.9 Å². The van der Waals surface area contributed by atoms with E-state index in [9.17, 15) is 33.5 Å². The van der Waals surface area contributed by atoms with Crippen LogP contribution < -0.4 is 10.6 Å². The number of nitrogens with zero attached hydrogens (tertiary/aromatic N) is 2. The van der Waals surface area contributed by atoms with Crippen molar-refractivity contribution in [2.24, 2.45) is 23.5 Å². The highest BCUT2D eigenvalue weighted by atomic mass is 35.5. The van der Waals surface area contributed by atoms with Gasteiger partial charge < -0.3 is 10.8 Å². The average Bonchev–Trinajstić information content (AvgIpc) is 3.24. The second-order valence-corrected chi connectivity index (χ2v) is 12.0. The van der Waals surface area contributed by atoms with Crippen LogP contribution in [0.3, 0.4) is 0 Å². The minimum absolute atomic E-state index is 0.00868. The first-order valence-electron chi connectivity index (χ1n) is 12.2. The summed E-state index contributed by atoms with van der Waals surface area (Å²) in [6, 6.07) is 7.43. The van der Waals surface area contributed by atoms with Crippen molar-refractivity contribution in [1.29, 1.82) is 0 Å². The van der Waals surface area contributed by atoms with Gasteiger partial charge in [-0.25, -0.2) is 14.1 Å². The van der Waals surface area contributed by atoms with Crippen molar-refractivity contribution in [2.45, 2.75) is 28.5 Å². The molecule has 2 aromatic rings. The van der Waals surface area contributed by atoms with E-state index in [0.29, 0.717) is 10.5 Å². The zero-order valence-electron chi connectivity index (χ0n) is 20.3. The molecule has 0 aromatic heterocycles. The third-order valence-corrected chi connectivity index (χ3v) is 10.1. The number of likely N-dealkylation sites (tertiary alicyclic amines) is 1. The number of halogens is 4. The summed E-state index contributed by atoms with van der Waals surface area (Å²) in [5, 5.41) is 11.1. The second kappa shape index (κ2) is 8.76. The number of phenolic OH excluding ortho intramolecular Hbond substituents is 1. The number of carbonyl (C=O) groups excluding carboxylic acids is 5. The van der Waals surface area contributed by atoms with Gasteiger partial charge in [0.2, 0.25) is 11.8 Å². The van der Waals surface area contributed by atoms with Crippen molar-refractivity contribution >= 4 is 70.2 Å². The van der Waals surface area contributed by atoms with Crippen LogP contribution in [0.5, 0.6) is 5.75 Å². The van der Waals surface area contributed by atoms with E-state index in [4.69, 9.17) is 40.5 Å². The summed E-state index contributed by atoms with van der Waals surface area (Å²) in [5.41, 5.74) is 5.80. The number of allylic oxidation sites excluding steroid dienone is 2. The van der Waals surface area contributed by atoms with Gasteiger partial charge in [-0.15, -0.1) is 23.2 Å². The summed E-state index contributed by atoms with van der Waals surface area (Å²) >= 11 is 20.6. The van der Waals surface area contributed by atoms with Crippen molar-refractivity contribution < 1.29 is 33.5 Å². The molecule has 6 rings (SSSR count). The number of nitrogens with two attached hydrogens (primary N) is 1. The van der Waals surface area contributed by atoms with Gasteiger partial charge in [0.25, 0.3) is 11.8 Å². The predicted octanol–water partition coefficient (Wildman–Crippen LogP) is 3.83. The number of carbonyl (C=O) groups is 5. The Bertz CT molecular complexity index is 1580. The lowest BCUT2D eigenvalue weighted by molar-refractivity contribution is -0.136. The van der Waals surface area contributed by atoms with E-state index in [-0.39, 0.29) is 34.9 Å². The van der Waals surface area contributed by atoms with Crippen LogP contribution in [-0.2, 0) is 19.2 Å². The lowest BCUT2D eigenvalue weighted by atomic mass is 9.56. The van der Waals surface area contributed by atoms with E-state index in [1.807, 2.05) is 0 Å². The van der Waals surface area contributed by atoms with E-state index in [0.717, 1.165) is 17.0 Å². The molecule has 0 spiro atoms. The highest BCUT2D eigenvalue weighted by Crippen LogP contribution is 2.66. The molecule has 40 heavy (non-hydrogen) atoms. The Hall–Kier alpha value is -3.47. The van der Waals surface area contributed by atoms with Crippen LogP contribution in [0.25, 0.3) is 0 Å². The van der Waals surface area contributed by atoms with Crippen LogP contribution in [-0.4, -0.2) is 49.4 Å². The van der Waals surface area contributed by atoms with Crippen LogP contribution in [0.2, 0.25) is 5.02 Å². The predicted molar refractivity (Wildman–Crippen MR) is 141 cm³/mol. The third-order valence-electron chi connectivity index (χ3n) is 8.42. The van der Waals surface area contributed by atoms with Crippen molar-refractivity contribution in [3.8, 4) is 5.75 Å². The molecule has 2 saturated heterocycles. The number of anilines is 1. The molecule has 4 aliphatic rings. The topological polar surface area (TPSA) is 138 Å². The number of benzene rings is 2. The minimum Gasteiger partial charge on any atom is -0.508 e. The molecule has 6 amide bonds. The Morgan fingerprint density at radius 3 is 2.33 bits per heavy atom. The quantitative estimate of drug-likeness (QED) is 0.303. The molecule has 0 unspecified atom stereocenters. The fourth-order valence-electron chi connectivity index (χ4n) is 6.72. The molecule has 3 N–H and O–H groups in total. The summed E-state index contributed by atoms with van der Waals surface area (Å²) < 4.78 is 13.7. The Morgan fingerprint density at radius 1 is 1.00 bits per heavy atom. The molecule has 3 fully saturated rings. The maximum absolute atomic E-state index is 14.2. The zero-order valence-corrected chi connectivity index (χ0v) is 22.6. The molecule has 2 aromatic carbocycles. The molecular weight excluding hydrogens is 588 g/mol. The van der Waals surface area contributed by atoms with E-state index in [2.05, 4.69) is 0 Å². The number of rotatable bonds is 2. The number of aromatic hydroxyl groups is 1. The van der Waals surface area contributed by atoms with Crippen LogP contribution >= 0.6 is 34.8 Å². The fourth-order valence-corrected chi connectivity index (χ4v) is 7.83. The Labute approximate surface area is 241 Å². The number of primary amides is 1. The number of hydrogen-bond acceptors (Lipinski definition) is 6. The fraction of sp³-hybridized carbons (Fsp3) is 0.296. The number of alkyl halides is 2. The molecule has 2 aliphatic carbocycles. The summed E-state index contributed by atoms with van der Waals surface area (Å²) in [6.45, 7) is 0. The monoisotopic (exact) mass is 605 g/mol. The van der Waals surface area contributed by atoms with Gasteiger partial charge in [0.1, 0.15) is 11.6 Å². The Balaban J connectivity index is 1.59. The van der Waals surface area contributed by atoms with Gasteiger partial charge in [-0.2, -0.15) is 4.90 Å². The molecule has 0 radical (unpaired) electrons. The first kappa shape index (κ1) is 26.7. The normalized spacial score (nSPS) is 33.0. The van der Waals surface area contributed by atoms with E-state index >= 15 is 0 Å². The molecule has 0 bridgehead atoms. The highest BCUT2D eigenvalue weighted by Gasteiger charge is 2.77. The van der Waals surface area contributed by atoms with Crippen LogP contribution in [0.4, 0.5) is 14.9 Å². The summed E-state index contributed by atoms with van der Waals surface area (Å²) in [4.78, 5) is 63.2. The zero-order chi connectivity index (χ0) is 28.9. The molecular formula is C27H19Cl3FN3O6. The van der Waals surface area contributed by atoms with Gasteiger partial charge in [-0.1, -0.05) is 23.3 Å². The first-order valence-corrected chi connectivity index (χ1v) is 13.3.